The van der Waals surface area contributed by atoms with Crippen LogP contribution in [-0.2, 0) is 16.2 Å². The molecule has 0 fully saturated rings. The third-order valence-corrected chi connectivity index (χ3v) is 4.09. The van der Waals surface area contributed by atoms with Gasteiger partial charge in [0.15, 0.2) is 6.10 Å². The maximum Gasteiger partial charge on any atom is 0.222 e. The lowest BCUT2D eigenvalue weighted by Crippen LogP contribution is -2.37. The molecule has 25 heavy (non-hydrogen) atoms. The van der Waals surface area contributed by atoms with Crippen molar-refractivity contribution in [3.05, 3.63) is 65.7 Å². The van der Waals surface area contributed by atoms with Crippen LogP contribution in [-0.4, -0.2) is 34.2 Å². The molecule has 0 saturated carbocycles. The maximum absolute atomic E-state index is 13.9. The third-order valence-electron chi connectivity index (χ3n) is 4.09. The molecule has 0 bridgehead atoms. The molecule has 0 aliphatic carbocycles. The predicted octanol–water partition coefficient (Wildman–Crippen LogP) is 3.15. The molecule has 1 aromatic heterocycles. The molecule has 2 aromatic rings. The van der Waals surface area contributed by atoms with Gasteiger partial charge in [-0.25, -0.2) is 4.39 Å². The standard InChI is InChI=1S/C19H20FN3O2/c1-2-19(24)23(12-14-7-3-4-8-16(14)20)13-15-11-18(22-25-15)17-9-5-6-10-21-17/h3-10,15H,2,11-13H2,1H3/t15-/m0/s1. The zero-order valence-corrected chi connectivity index (χ0v) is 14.1. The van der Waals surface area contributed by atoms with Crippen molar-refractivity contribution in [3.63, 3.8) is 0 Å². The third kappa shape index (κ3) is 4.21. The Morgan fingerprint density at radius 3 is 2.80 bits per heavy atom. The van der Waals surface area contributed by atoms with Gasteiger partial charge in [-0.1, -0.05) is 36.3 Å². The summed E-state index contributed by atoms with van der Waals surface area (Å²) in [6.07, 6.45) is 2.38. The van der Waals surface area contributed by atoms with Crippen LogP contribution in [0.2, 0.25) is 0 Å². The highest BCUT2D eigenvalue weighted by molar-refractivity contribution is 5.99. The van der Waals surface area contributed by atoms with Crippen molar-refractivity contribution in [1.29, 1.82) is 0 Å². The summed E-state index contributed by atoms with van der Waals surface area (Å²) in [5, 5.41) is 4.09. The van der Waals surface area contributed by atoms with E-state index in [9.17, 15) is 9.18 Å². The Morgan fingerprint density at radius 2 is 2.08 bits per heavy atom. The van der Waals surface area contributed by atoms with E-state index in [1.807, 2.05) is 18.2 Å². The summed E-state index contributed by atoms with van der Waals surface area (Å²) in [6.45, 7) is 2.38. The van der Waals surface area contributed by atoms with E-state index in [0.717, 1.165) is 11.4 Å². The topological polar surface area (TPSA) is 54.8 Å². The Hall–Kier alpha value is -2.76. The second kappa shape index (κ2) is 7.88. The molecule has 2 heterocycles. The largest absolute Gasteiger partial charge is 0.390 e. The number of rotatable bonds is 6. The van der Waals surface area contributed by atoms with Crippen molar-refractivity contribution < 1.29 is 14.0 Å². The molecule has 0 saturated heterocycles. The highest BCUT2D eigenvalue weighted by Gasteiger charge is 2.27. The van der Waals surface area contributed by atoms with E-state index in [-0.39, 0.29) is 24.4 Å². The molecular formula is C19H20FN3O2. The smallest absolute Gasteiger partial charge is 0.222 e. The van der Waals surface area contributed by atoms with Crippen LogP contribution in [0.15, 0.2) is 53.8 Å². The summed E-state index contributed by atoms with van der Waals surface area (Å²) in [5.41, 5.74) is 2.03. The lowest BCUT2D eigenvalue weighted by atomic mass is 10.1. The number of benzene rings is 1. The first-order valence-corrected chi connectivity index (χ1v) is 8.32. The monoisotopic (exact) mass is 341 g/mol. The Balaban J connectivity index is 1.66. The summed E-state index contributed by atoms with van der Waals surface area (Å²) < 4.78 is 13.9. The van der Waals surface area contributed by atoms with Crippen LogP contribution in [0.5, 0.6) is 0 Å². The molecule has 0 spiro atoms. The SMILES string of the molecule is CCC(=O)N(Cc1ccccc1F)C[C@@H]1CC(c2ccccn2)=NO1. The fourth-order valence-electron chi connectivity index (χ4n) is 2.77. The summed E-state index contributed by atoms with van der Waals surface area (Å²) in [4.78, 5) is 23.6. The summed E-state index contributed by atoms with van der Waals surface area (Å²) in [6, 6.07) is 12.1. The number of halogens is 1. The van der Waals surface area contributed by atoms with E-state index >= 15 is 0 Å². The van der Waals surface area contributed by atoms with Crippen LogP contribution >= 0.6 is 0 Å². The van der Waals surface area contributed by atoms with Crippen LogP contribution in [0.25, 0.3) is 0 Å². The molecule has 1 aliphatic rings. The van der Waals surface area contributed by atoms with E-state index < -0.39 is 0 Å². The second-order valence-corrected chi connectivity index (χ2v) is 5.90. The molecule has 5 nitrogen and oxygen atoms in total. The zero-order chi connectivity index (χ0) is 17.6. The number of pyridine rings is 1. The van der Waals surface area contributed by atoms with Gasteiger partial charge in [0, 0.05) is 31.1 Å². The van der Waals surface area contributed by atoms with Gasteiger partial charge in [0.1, 0.15) is 11.5 Å². The van der Waals surface area contributed by atoms with Crippen LogP contribution in [0.4, 0.5) is 4.39 Å². The number of hydrogen-bond acceptors (Lipinski definition) is 4. The molecular weight excluding hydrogens is 321 g/mol. The molecule has 1 amide bonds. The van der Waals surface area contributed by atoms with Gasteiger partial charge in [0.2, 0.25) is 5.91 Å². The number of carbonyl (C=O) groups is 1. The Kier molecular flexibility index (Phi) is 5.38. The summed E-state index contributed by atoms with van der Waals surface area (Å²) in [7, 11) is 0. The van der Waals surface area contributed by atoms with Gasteiger partial charge >= 0.3 is 0 Å². The first-order valence-electron chi connectivity index (χ1n) is 8.32. The quantitative estimate of drug-likeness (QED) is 0.811. The molecule has 1 aromatic carbocycles. The van der Waals surface area contributed by atoms with Crippen molar-refractivity contribution >= 4 is 11.6 Å². The number of amides is 1. The number of nitrogens with zero attached hydrogens (tertiary/aromatic N) is 3. The molecule has 130 valence electrons. The average Bonchev–Trinajstić information content (AvgIpc) is 3.11. The van der Waals surface area contributed by atoms with Gasteiger partial charge in [-0.05, 0) is 18.2 Å². The van der Waals surface area contributed by atoms with Gasteiger partial charge in [-0.2, -0.15) is 0 Å². The van der Waals surface area contributed by atoms with Gasteiger partial charge in [0.25, 0.3) is 0 Å². The molecule has 3 rings (SSSR count). The maximum atomic E-state index is 13.9. The molecule has 0 N–H and O–H groups in total. The Bertz CT molecular complexity index is 764. The van der Waals surface area contributed by atoms with Crippen molar-refractivity contribution in [2.45, 2.75) is 32.4 Å². The van der Waals surface area contributed by atoms with Gasteiger partial charge in [-0.15, -0.1) is 0 Å². The van der Waals surface area contributed by atoms with E-state index in [1.54, 1.807) is 36.2 Å². The number of hydrogen-bond donors (Lipinski definition) is 0. The second-order valence-electron chi connectivity index (χ2n) is 5.90. The number of oxime groups is 1. The number of aromatic nitrogens is 1. The minimum atomic E-state index is -0.311. The van der Waals surface area contributed by atoms with Gasteiger partial charge in [0.05, 0.1) is 12.2 Å². The molecule has 0 radical (unpaired) electrons. The van der Waals surface area contributed by atoms with E-state index in [4.69, 9.17) is 4.84 Å². The first-order chi connectivity index (χ1) is 12.2. The van der Waals surface area contributed by atoms with Gasteiger partial charge < -0.3 is 9.74 Å². The van der Waals surface area contributed by atoms with Crippen molar-refractivity contribution in [2.24, 2.45) is 5.16 Å². The predicted molar refractivity (Wildman–Crippen MR) is 92.4 cm³/mol. The van der Waals surface area contributed by atoms with E-state index in [2.05, 4.69) is 10.1 Å². The van der Waals surface area contributed by atoms with Crippen molar-refractivity contribution in [3.8, 4) is 0 Å². The first kappa shape index (κ1) is 17.1. The minimum Gasteiger partial charge on any atom is -0.390 e. The Morgan fingerprint density at radius 1 is 1.28 bits per heavy atom. The van der Waals surface area contributed by atoms with Crippen molar-refractivity contribution in [2.75, 3.05) is 6.54 Å². The zero-order valence-electron chi connectivity index (χ0n) is 14.1. The number of carbonyl (C=O) groups excluding carboxylic acids is 1. The molecule has 6 heteroatoms. The van der Waals surface area contributed by atoms with Crippen LogP contribution in [0.1, 0.15) is 31.0 Å². The highest BCUT2D eigenvalue weighted by atomic mass is 19.1. The van der Waals surface area contributed by atoms with Gasteiger partial charge in [-0.3, -0.25) is 9.78 Å². The summed E-state index contributed by atoms with van der Waals surface area (Å²) in [5.74, 6) is -0.354. The molecule has 1 atom stereocenters. The van der Waals surface area contributed by atoms with E-state index in [1.165, 1.54) is 6.07 Å². The highest BCUT2D eigenvalue weighted by Crippen LogP contribution is 2.18. The summed E-state index contributed by atoms with van der Waals surface area (Å²) >= 11 is 0. The van der Waals surface area contributed by atoms with Crippen LogP contribution in [0, 0.1) is 5.82 Å². The fraction of sp³-hybridized carbons (Fsp3) is 0.316. The normalized spacial score (nSPS) is 16.2. The lowest BCUT2D eigenvalue weighted by molar-refractivity contribution is -0.133. The molecule has 1 aliphatic heterocycles. The molecule has 0 unspecified atom stereocenters. The lowest BCUT2D eigenvalue weighted by Gasteiger charge is -2.24. The average molecular weight is 341 g/mol. The minimum absolute atomic E-state index is 0.0434. The fourth-order valence-corrected chi connectivity index (χ4v) is 2.77. The van der Waals surface area contributed by atoms with Crippen LogP contribution in [0.3, 0.4) is 0 Å². The van der Waals surface area contributed by atoms with Crippen molar-refractivity contribution in [1.82, 2.24) is 9.88 Å². The van der Waals surface area contributed by atoms with E-state index in [0.29, 0.717) is 24.9 Å². The van der Waals surface area contributed by atoms with Crippen LogP contribution < -0.4 is 0 Å². The Labute approximate surface area is 146 Å².